The summed E-state index contributed by atoms with van der Waals surface area (Å²) in [5.41, 5.74) is 8.63. The summed E-state index contributed by atoms with van der Waals surface area (Å²) < 4.78 is 20.7. The number of rotatable bonds is 4. The fourth-order valence-corrected chi connectivity index (χ4v) is 4.22. The van der Waals surface area contributed by atoms with Gasteiger partial charge in [0.2, 0.25) is 10.1 Å². The van der Waals surface area contributed by atoms with Crippen LogP contribution < -0.4 is 10.6 Å². The van der Waals surface area contributed by atoms with Crippen molar-refractivity contribution in [1.29, 1.82) is 0 Å². The Kier molecular flexibility index (Phi) is 4.42. The van der Waals surface area contributed by atoms with Crippen molar-refractivity contribution < 1.29 is 9.13 Å². The van der Waals surface area contributed by atoms with E-state index >= 15 is 0 Å². The second-order valence-electron chi connectivity index (χ2n) is 7.10. The Balaban J connectivity index is 1.69. The lowest BCUT2D eigenvalue weighted by Crippen LogP contribution is -2.48. The lowest BCUT2D eigenvalue weighted by molar-refractivity contribution is 0.185. The van der Waals surface area contributed by atoms with Gasteiger partial charge in [-0.25, -0.2) is 13.9 Å². The first-order valence-electron chi connectivity index (χ1n) is 8.63. The molecule has 8 heteroatoms. The van der Waals surface area contributed by atoms with Crippen LogP contribution in [0.4, 0.5) is 9.52 Å². The van der Waals surface area contributed by atoms with E-state index in [9.17, 15) is 4.39 Å². The summed E-state index contributed by atoms with van der Waals surface area (Å²) in [4.78, 5) is 7.58. The quantitative estimate of drug-likeness (QED) is 0.759. The Labute approximate surface area is 155 Å². The molecule has 0 aliphatic carbocycles. The number of hydrogen-bond donors (Lipinski definition) is 1. The zero-order chi connectivity index (χ0) is 18.3. The molecule has 0 radical (unpaired) electrons. The SMILES string of the molecule is COCc1cc(F)ccc1-c1cnc2sc(N3CCC(C)(N)CC3)nn12. The molecule has 0 unspecified atom stereocenters. The normalized spacial score (nSPS) is 17.2. The van der Waals surface area contributed by atoms with E-state index in [1.807, 2.05) is 4.52 Å². The van der Waals surface area contributed by atoms with Gasteiger partial charge in [-0.05, 0) is 43.5 Å². The molecule has 3 heterocycles. The summed E-state index contributed by atoms with van der Waals surface area (Å²) in [5, 5.41) is 5.71. The molecule has 1 fully saturated rings. The van der Waals surface area contributed by atoms with E-state index < -0.39 is 0 Å². The van der Waals surface area contributed by atoms with Gasteiger partial charge in [0.05, 0.1) is 18.5 Å². The highest BCUT2D eigenvalue weighted by Gasteiger charge is 2.28. The lowest BCUT2D eigenvalue weighted by Gasteiger charge is -2.36. The van der Waals surface area contributed by atoms with Crippen LogP contribution in [0.5, 0.6) is 0 Å². The first-order chi connectivity index (χ1) is 12.5. The lowest BCUT2D eigenvalue weighted by atomic mass is 9.91. The highest BCUT2D eigenvalue weighted by atomic mass is 32.1. The first-order valence-corrected chi connectivity index (χ1v) is 9.45. The first kappa shape index (κ1) is 17.4. The Morgan fingerprint density at radius 3 is 2.85 bits per heavy atom. The van der Waals surface area contributed by atoms with Crippen LogP contribution in [-0.4, -0.2) is 40.3 Å². The number of methoxy groups -OCH3 is 1. The molecule has 1 aliphatic rings. The Morgan fingerprint density at radius 1 is 1.35 bits per heavy atom. The van der Waals surface area contributed by atoms with Gasteiger partial charge in [0.15, 0.2) is 0 Å². The van der Waals surface area contributed by atoms with E-state index in [0.29, 0.717) is 6.61 Å². The maximum absolute atomic E-state index is 13.6. The van der Waals surface area contributed by atoms with Crippen LogP contribution in [0.15, 0.2) is 24.4 Å². The van der Waals surface area contributed by atoms with Crippen molar-refractivity contribution in [3.63, 3.8) is 0 Å². The topological polar surface area (TPSA) is 68.7 Å². The molecule has 6 nitrogen and oxygen atoms in total. The third-order valence-corrected chi connectivity index (χ3v) is 5.88. The highest BCUT2D eigenvalue weighted by molar-refractivity contribution is 7.20. The van der Waals surface area contributed by atoms with Crippen molar-refractivity contribution in [2.45, 2.75) is 31.9 Å². The number of fused-ring (bicyclic) bond motifs is 1. The zero-order valence-corrected chi connectivity index (χ0v) is 15.7. The molecule has 26 heavy (non-hydrogen) atoms. The van der Waals surface area contributed by atoms with Crippen molar-refractivity contribution in [2.24, 2.45) is 5.73 Å². The zero-order valence-electron chi connectivity index (χ0n) is 14.9. The van der Waals surface area contributed by atoms with E-state index in [1.165, 1.54) is 12.1 Å². The highest BCUT2D eigenvalue weighted by Crippen LogP contribution is 2.32. The van der Waals surface area contributed by atoms with Gasteiger partial charge in [-0.3, -0.25) is 0 Å². The molecule has 0 bridgehead atoms. The van der Waals surface area contributed by atoms with E-state index in [4.69, 9.17) is 15.6 Å². The molecule has 0 amide bonds. The second kappa shape index (κ2) is 6.61. The van der Waals surface area contributed by atoms with Gasteiger partial charge in [0, 0.05) is 31.3 Å². The summed E-state index contributed by atoms with van der Waals surface area (Å²) >= 11 is 1.56. The number of nitrogens with zero attached hydrogens (tertiary/aromatic N) is 4. The van der Waals surface area contributed by atoms with Gasteiger partial charge in [-0.2, -0.15) is 0 Å². The molecule has 0 atom stereocenters. The van der Waals surface area contributed by atoms with E-state index in [-0.39, 0.29) is 11.4 Å². The van der Waals surface area contributed by atoms with Crippen LogP contribution >= 0.6 is 11.3 Å². The fraction of sp³-hybridized carbons (Fsp3) is 0.444. The predicted octanol–water partition coefficient (Wildman–Crippen LogP) is 3.06. The van der Waals surface area contributed by atoms with Crippen LogP contribution in [-0.2, 0) is 11.3 Å². The monoisotopic (exact) mass is 375 g/mol. The number of hydrogen-bond acceptors (Lipinski definition) is 6. The molecule has 0 spiro atoms. The summed E-state index contributed by atoms with van der Waals surface area (Å²) in [5.74, 6) is -0.279. The minimum atomic E-state index is -0.279. The maximum Gasteiger partial charge on any atom is 0.214 e. The van der Waals surface area contributed by atoms with Crippen molar-refractivity contribution >= 4 is 21.4 Å². The molecule has 0 saturated carbocycles. The average molecular weight is 375 g/mol. The van der Waals surface area contributed by atoms with Gasteiger partial charge < -0.3 is 15.4 Å². The number of anilines is 1. The number of nitrogens with two attached hydrogens (primary N) is 1. The number of aromatic nitrogens is 3. The smallest absolute Gasteiger partial charge is 0.214 e. The molecule has 3 aromatic rings. The van der Waals surface area contributed by atoms with Gasteiger partial charge in [-0.1, -0.05) is 11.3 Å². The molecule has 2 N–H and O–H groups in total. The van der Waals surface area contributed by atoms with Crippen LogP contribution in [0.2, 0.25) is 0 Å². The predicted molar refractivity (Wildman–Crippen MR) is 101 cm³/mol. The number of imidazole rings is 1. The number of benzene rings is 1. The van der Waals surface area contributed by atoms with Crippen LogP contribution in [0, 0.1) is 5.82 Å². The molecule has 1 saturated heterocycles. The number of piperidine rings is 1. The minimum Gasteiger partial charge on any atom is -0.380 e. The molecule has 1 aliphatic heterocycles. The third kappa shape index (κ3) is 3.20. The average Bonchev–Trinajstić information content (AvgIpc) is 3.16. The molecule has 4 rings (SSSR count). The Bertz CT molecular complexity index is 925. The van der Waals surface area contributed by atoms with E-state index in [0.717, 1.165) is 52.8 Å². The number of halogens is 1. The van der Waals surface area contributed by atoms with Crippen molar-refractivity contribution in [2.75, 3.05) is 25.1 Å². The molecule has 2 aromatic heterocycles. The summed E-state index contributed by atoms with van der Waals surface area (Å²) in [6, 6.07) is 4.71. The van der Waals surface area contributed by atoms with Crippen LogP contribution in [0.1, 0.15) is 25.3 Å². The fourth-order valence-electron chi connectivity index (χ4n) is 3.29. The van der Waals surface area contributed by atoms with Gasteiger partial charge in [0.25, 0.3) is 0 Å². The summed E-state index contributed by atoms with van der Waals surface area (Å²) in [6.45, 7) is 4.22. The van der Waals surface area contributed by atoms with Crippen molar-refractivity contribution in [1.82, 2.24) is 14.6 Å². The van der Waals surface area contributed by atoms with E-state index in [2.05, 4.69) is 16.8 Å². The number of ether oxygens (including phenoxy) is 1. The van der Waals surface area contributed by atoms with Crippen LogP contribution in [0.3, 0.4) is 0 Å². The van der Waals surface area contributed by atoms with Crippen LogP contribution in [0.25, 0.3) is 16.2 Å². The van der Waals surface area contributed by atoms with Crippen molar-refractivity contribution in [3.8, 4) is 11.3 Å². The van der Waals surface area contributed by atoms with Gasteiger partial charge in [-0.15, -0.1) is 5.10 Å². The second-order valence-corrected chi connectivity index (χ2v) is 8.03. The van der Waals surface area contributed by atoms with E-state index in [1.54, 1.807) is 30.7 Å². The largest absolute Gasteiger partial charge is 0.380 e. The molecular formula is C18H22FN5OS. The minimum absolute atomic E-state index is 0.0950. The maximum atomic E-state index is 13.6. The third-order valence-electron chi connectivity index (χ3n) is 4.89. The van der Waals surface area contributed by atoms with Gasteiger partial charge in [0.1, 0.15) is 5.82 Å². The van der Waals surface area contributed by atoms with Gasteiger partial charge >= 0.3 is 0 Å². The standard InChI is InChI=1S/C18H22FN5OS/c1-18(20)5-7-23(8-6-18)17-22-24-15(10-21-16(24)26-17)14-4-3-13(19)9-12(14)11-25-2/h3-4,9-10H,5-8,11,20H2,1-2H3. The Morgan fingerprint density at radius 2 is 2.12 bits per heavy atom. The summed E-state index contributed by atoms with van der Waals surface area (Å²) in [6.07, 6.45) is 3.66. The molecular weight excluding hydrogens is 353 g/mol. The molecule has 1 aromatic carbocycles. The molecule has 138 valence electrons. The summed E-state index contributed by atoms with van der Waals surface area (Å²) in [7, 11) is 1.60. The Hall–Kier alpha value is -2.03. The van der Waals surface area contributed by atoms with Crippen molar-refractivity contribution in [3.05, 3.63) is 35.8 Å².